The Morgan fingerprint density at radius 1 is 1.33 bits per heavy atom. The summed E-state index contributed by atoms with van der Waals surface area (Å²) < 4.78 is 5.00. The molecule has 1 aromatic carbocycles. The number of carbonyl (C=O) groups is 1. The molecule has 1 atom stereocenters. The van der Waals surface area contributed by atoms with Gasteiger partial charge in [0.1, 0.15) is 0 Å². The standard InChI is InChI=1S/C17H19NO2S/c1-2-20-17(19)13-7-9-14(10-8-13)18-16(12-5-6-12)15-4-3-11-21-15/h3-4,7-12,16,18H,2,5-6H2,1H3. The van der Waals surface area contributed by atoms with Crippen molar-refractivity contribution in [1.82, 2.24) is 0 Å². The van der Waals surface area contributed by atoms with Crippen molar-refractivity contribution in [2.75, 3.05) is 11.9 Å². The van der Waals surface area contributed by atoms with E-state index >= 15 is 0 Å². The SMILES string of the molecule is CCOC(=O)c1ccc(NC(c2cccs2)C2CC2)cc1. The molecule has 0 radical (unpaired) electrons. The van der Waals surface area contributed by atoms with Gasteiger partial charge in [-0.1, -0.05) is 6.07 Å². The van der Waals surface area contributed by atoms with Gasteiger partial charge in [-0.3, -0.25) is 0 Å². The number of carbonyl (C=O) groups excluding carboxylic acids is 1. The normalized spacial score (nSPS) is 15.5. The highest BCUT2D eigenvalue weighted by atomic mass is 32.1. The fourth-order valence-electron chi connectivity index (χ4n) is 2.42. The van der Waals surface area contributed by atoms with Gasteiger partial charge in [-0.25, -0.2) is 4.79 Å². The molecule has 2 aromatic rings. The first kappa shape index (κ1) is 14.1. The molecule has 1 saturated carbocycles. The maximum absolute atomic E-state index is 11.6. The summed E-state index contributed by atoms with van der Waals surface area (Å²) in [6, 6.07) is 12.2. The average molecular weight is 301 g/mol. The summed E-state index contributed by atoms with van der Waals surface area (Å²) in [6.07, 6.45) is 2.58. The molecular weight excluding hydrogens is 282 g/mol. The van der Waals surface area contributed by atoms with Crippen molar-refractivity contribution in [3.63, 3.8) is 0 Å². The third kappa shape index (κ3) is 3.45. The van der Waals surface area contributed by atoms with E-state index in [0.717, 1.165) is 11.6 Å². The lowest BCUT2D eigenvalue weighted by Gasteiger charge is -2.18. The number of esters is 1. The number of rotatable bonds is 6. The second-order valence-electron chi connectivity index (χ2n) is 5.27. The lowest BCUT2D eigenvalue weighted by molar-refractivity contribution is 0.0526. The minimum Gasteiger partial charge on any atom is -0.462 e. The Hall–Kier alpha value is -1.81. The minimum absolute atomic E-state index is 0.263. The zero-order valence-electron chi connectivity index (χ0n) is 12.0. The molecule has 0 amide bonds. The number of nitrogens with one attached hydrogen (secondary N) is 1. The smallest absolute Gasteiger partial charge is 0.338 e. The molecule has 21 heavy (non-hydrogen) atoms. The van der Waals surface area contributed by atoms with Crippen LogP contribution in [0.25, 0.3) is 0 Å². The van der Waals surface area contributed by atoms with Gasteiger partial charge in [0.05, 0.1) is 18.2 Å². The van der Waals surface area contributed by atoms with Crippen LogP contribution in [-0.2, 0) is 4.74 Å². The second-order valence-corrected chi connectivity index (χ2v) is 6.25. The van der Waals surface area contributed by atoms with Gasteiger partial charge >= 0.3 is 5.97 Å². The van der Waals surface area contributed by atoms with Gasteiger partial charge < -0.3 is 10.1 Å². The van der Waals surface area contributed by atoms with Gasteiger partial charge in [0.2, 0.25) is 0 Å². The predicted molar refractivity (Wildman–Crippen MR) is 85.8 cm³/mol. The lowest BCUT2D eigenvalue weighted by Crippen LogP contribution is -2.11. The topological polar surface area (TPSA) is 38.3 Å². The van der Waals surface area contributed by atoms with Crippen molar-refractivity contribution < 1.29 is 9.53 Å². The molecule has 110 valence electrons. The molecular formula is C17H19NO2S. The van der Waals surface area contributed by atoms with Crippen LogP contribution in [0.5, 0.6) is 0 Å². The Labute approximate surface area is 129 Å². The van der Waals surface area contributed by atoms with E-state index in [1.807, 2.05) is 31.2 Å². The molecule has 1 unspecified atom stereocenters. The highest BCUT2D eigenvalue weighted by Gasteiger charge is 2.32. The third-order valence-corrected chi connectivity index (χ3v) is 4.62. The molecule has 1 fully saturated rings. The fraction of sp³-hybridized carbons (Fsp3) is 0.353. The van der Waals surface area contributed by atoms with Crippen molar-refractivity contribution in [3.05, 3.63) is 52.2 Å². The first-order valence-corrected chi connectivity index (χ1v) is 8.23. The number of thiophene rings is 1. The summed E-state index contributed by atoms with van der Waals surface area (Å²) >= 11 is 1.80. The van der Waals surface area contributed by atoms with Crippen LogP contribution in [-0.4, -0.2) is 12.6 Å². The van der Waals surface area contributed by atoms with Crippen LogP contribution in [0, 0.1) is 5.92 Å². The maximum atomic E-state index is 11.6. The van der Waals surface area contributed by atoms with Crippen LogP contribution < -0.4 is 5.32 Å². The molecule has 1 N–H and O–H groups in total. The Balaban J connectivity index is 1.70. The van der Waals surface area contributed by atoms with E-state index in [1.165, 1.54) is 17.7 Å². The van der Waals surface area contributed by atoms with Crippen LogP contribution in [0.15, 0.2) is 41.8 Å². The molecule has 0 saturated heterocycles. The van der Waals surface area contributed by atoms with Crippen LogP contribution in [0.2, 0.25) is 0 Å². The van der Waals surface area contributed by atoms with E-state index in [2.05, 4.69) is 22.8 Å². The third-order valence-electron chi connectivity index (χ3n) is 3.66. The highest BCUT2D eigenvalue weighted by Crippen LogP contribution is 2.44. The van der Waals surface area contributed by atoms with Crippen molar-refractivity contribution in [2.24, 2.45) is 5.92 Å². The van der Waals surface area contributed by atoms with Gasteiger partial charge in [0.25, 0.3) is 0 Å². The molecule has 0 spiro atoms. The highest BCUT2D eigenvalue weighted by molar-refractivity contribution is 7.10. The zero-order valence-corrected chi connectivity index (χ0v) is 12.9. The summed E-state index contributed by atoms with van der Waals surface area (Å²) in [5, 5.41) is 5.72. The molecule has 3 nitrogen and oxygen atoms in total. The number of anilines is 1. The minimum atomic E-state index is -0.263. The van der Waals surface area contributed by atoms with E-state index in [1.54, 1.807) is 11.3 Å². The van der Waals surface area contributed by atoms with Gasteiger partial charge in [-0.2, -0.15) is 0 Å². The van der Waals surface area contributed by atoms with Crippen LogP contribution >= 0.6 is 11.3 Å². The van der Waals surface area contributed by atoms with Gasteiger partial charge in [0, 0.05) is 10.6 Å². The quantitative estimate of drug-likeness (QED) is 0.799. The monoisotopic (exact) mass is 301 g/mol. The maximum Gasteiger partial charge on any atom is 0.338 e. The van der Waals surface area contributed by atoms with Crippen molar-refractivity contribution in [2.45, 2.75) is 25.8 Å². The van der Waals surface area contributed by atoms with Crippen molar-refractivity contribution in [1.29, 1.82) is 0 Å². The van der Waals surface area contributed by atoms with Gasteiger partial charge in [-0.05, 0) is 61.4 Å². The molecule has 1 aromatic heterocycles. The lowest BCUT2D eigenvalue weighted by atomic mass is 10.1. The van der Waals surface area contributed by atoms with Crippen LogP contribution in [0.1, 0.15) is 41.0 Å². The van der Waals surface area contributed by atoms with E-state index in [9.17, 15) is 4.79 Å². The molecule has 1 heterocycles. The Kier molecular flexibility index (Phi) is 4.25. The summed E-state index contributed by atoms with van der Waals surface area (Å²) in [6.45, 7) is 2.22. The number of ether oxygens (including phenoxy) is 1. The number of benzene rings is 1. The van der Waals surface area contributed by atoms with Gasteiger partial charge in [-0.15, -0.1) is 11.3 Å². The fourth-order valence-corrected chi connectivity index (χ4v) is 3.28. The summed E-state index contributed by atoms with van der Waals surface area (Å²) in [4.78, 5) is 13.0. The molecule has 4 heteroatoms. The molecule has 3 rings (SSSR count). The van der Waals surface area contributed by atoms with E-state index in [-0.39, 0.29) is 5.97 Å². The zero-order chi connectivity index (χ0) is 14.7. The van der Waals surface area contributed by atoms with Crippen molar-refractivity contribution >= 4 is 23.0 Å². The Bertz CT molecular complexity index is 588. The average Bonchev–Trinajstić information content (AvgIpc) is 3.20. The van der Waals surface area contributed by atoms with E-state index in [4.69, 9.17) is 4.74 Å². The van der Waals surface area contributed by atoms with Gasteiger partial charge in [0.15, 0.2) is 0 Å². The van der Waals surface area contributed by atoms with Crippen molar-refractivity contribution in [3.8, 4) is 0 Å². The van der Waals surface area contributed by atoms with E-state index in [0.29, 0.717) is 18.2 Å². The first-order chi connectivity index (χ1) is 10.3. The first-order valence-electron chi connectivity index (χ1n) is 7.35. The Morgan fingerprint density at radius 3 is 2.67 bits per heavy atom. The molecule has 0 bridgehead atoms. The number of hydrogen-bond donors (Lipinski definition) is 1. The summed E-state index contributed by atoms with van der Waals surface area (Å²) in [7, 11) is 0. The number of hydrogen-bond acceptors (Lipinski definition) is 4. The summed E-state index contributed by atoms with van der Waals surface area (Å²) in [5.41, 5.74) is 1.65. The Morgan fingerprint density at radius 2 is 2.10 bits per heavy atom. The van der Waals surface area contributed by atoms with E-state index < -0.39 is 0 Å². The molecule has 1 aliphatic carbocycles. The molecule has 1 aliphatic rings. The molecule has 0 aliphatic heterocycles. The van der Waals surface area contributed by atoms with Crippen LogP contribution in [0.3, 0.4) is 0 Å². The predicted octanol–water partition coefficient (Wildman–Crippen LogP) is 4.49. The second kappa shape index (κ2) is 6.31. The summed E-state index contributed by atoms with van der Waals surface area (Å²) in [5.74, 6) is 0.467. The largest absolute Gasteiger partial charge is 0.462 e. The van der Waals surface area contributed by atoms with Crippen LogP contribution in [0.4, 0.5) is 5.69 Å².